The second kappa shape index (κ2) is 6.93. The van der Waals surface area contributed by atoms with Gasteiger partial charge in [-0.15, -0.1) is 11.8 Å². The van der Waals surface area contributed by atoms with Crippen LogP contribution in [0, 0.1) is 0 Å². The van der Waals surface area contributed by atoms with E-state index in [-0.39, 0.29) is 6.04 Å². The third-order valence-electron chi connectivity index (χ3n) is 2.59. The molecule has 6 heteroatoms. The molecule has 0 aliphatic heterocycles. The topological polar surface area (TPSA) is 64.9 Å². The standard InChI is InChI=1S/C13H16ClN3OS/c1-2-5-10(15)13-16-12(17-18-13)8-19-11-7-4-3-6-9(11)14/h3-4,6-7,10H,2,5,8,15H2,1H3/t10-/m0/s1. The molecule has 4 nitrogen and oxygen atoms in total. The molecule has 2 rings (SSSR count). The van der Waals surface area contributed by atoms with Gasteiger partial charge >= 0.3 is 0 Å². The Morgan fingerprint density at radius 2 is 2.21 bits per heavy atom. The van der Waals surface area contributed by atoms with Gasteiger partial charge in [0.1, 0.15) is 0 Å². The zero-order chi connectivity index (χ0) is 13.7. The average molecular weight is 298 g/mol. The Labute approximate surface area is 121 Å². The van der Waals surface area contributed by atoms with Gasteiger partial charge in [-0.3, -0.25) is 0 Å². The second-order valence-corrected chi connectivity index (χ2v) is 5.59. The third kappa shape index (κ3) is 3.96. The summed E-state index contributed by atoms with van der Waals surface area (Å²) in [6, 6.07) is 7.52. The number of rotatable bonds is 6. The van der Waals surface area contributed by atoms with E-state index in [0.717, 1.165) is 22.8 Å². The Hall–Kier alpha value is -1.04. The number of nitrogens with zero attached hydrogens (tertiary/aromatic N) is 2. The Balaban J connectivity index is 1.95. The van der Waals surface area contributed by atoms with E-state index in [1.807, 2.05) is 24.3 Å². The molecular weight excluding hydrogens is 282 g/mol. The summed E-state index contributed by atoms with van der Waals surface area (Å²) < 4.78 is 5.17. The molecule has 0 fully saturated rings. The van der Waals surface area contributed by atoms with Gasteiger partial charge in [-0.1, -0.05) is 42.2 Å². The maximum Gasteiger partial charge on any atom is 0.243 e. The predicted molar refractivity (Wildman–Crippen MR) is 77.1 cm³/mol. The SMILES string of the molecule is CCC[C@H](N)c1nc(CSc2ccccc2Cl)no1. The average Bonchev–Trinajstić information content (AvgIpc) is 2.87. The highest BCUT2D eigenvalue weighted by Crippen LogP contribution is 2.28. The van der Waals surface area contributed by atoms with Crippen LogP contribution >= 0.6 is 23.4 Å². The molecule has 2 N–H and O–H groups in total. The molecule has 0 amide bonds. The lowest BCUT2D eigenvalue weighted by Gasteiger charge is -2.02. The van der Waals surface area contributed by atoms with Gasteiger partial charge in [0.15, 0.2) is 5.82 Å². The molecule has 1 heterocycles. The van der Waals surface area contributed by atoms with E-state index in [1.54, 1.807) is 11.8 Å². The summed E-state index contributed by atoms with van der Waals surface area (Å²) in [5.74, 6) is 1.77. The minimum absolute atomic E-state index is 0.170. The third-order valence-corrected chi connectivity index (χ3v) is 4.11. The van der Waals surface area contributed by atoms with Crippen molar-refractivity contribution >= 4 is 23.4 Å². The Kier molecular flexibility index (Phi) is 5.24. The molecular formula is C13H16ClN3OS. The van der Waals surface area contributed by atoms with Crippen LogP contribution in [-0.2, 0) is 5.75 Å². The lowest BCUT2D eigenvalue weighted by atomic mass is 10.2. The van der Waals surface area contributed by atoms with E-state index in [1.165, 1.54) is 0 Å². The summed E-state index contributed by atoms with van der Waals surface area (Å²) >= 11 is 7.66. The normalized spacial score (nSPS) is 12.6. The van der Waals surface area contributed by atoms with Gasteiger partial charge in [0.05, 0.1) is 16.8 Å². The van der Waals surface area contributed by atoms with Gasteiger partial charge in [-0.2, -0.15) is 4.98 Å². The van der Waals surface area contributed by atoms with Crippen molar-refractivity contribution in [3.05, 3.63) is 41.0 Å². The van der Waals surface area contributed by atoms with Crippen molar-refractivity contribution in [2.75, 3.05) is 0 Å². The first-order valence-corrected chi connectivity index (χ1v) is 7.52. The van der Waals surface area contributed by atoms with Crippen molar-refractivity contribution in [1.29, 1.82) is 0 Å². The summed E-state index contributed by atoms with van der Waals surface area (Å²) in [6.45, 7) is 2.07. The van der Waals surface area contributed by atoms with Crippen LogP contribution in [-0.4, -0.2) is 10.1 Å². The van der Waals surface area contributed by atoms with Gasteiger partial charge in [0, 0.05) is 4.90 Å². The fourth-order valence-corrected chi connectivity index (χ4v) is 2.70. The van der Waals surface area contributed by atoms with Crippen LogP contribution in [0.4, 0.5) is 0 Å². The van der Waals surface area contributed by atoms with Crippen molar-refractivity contribution < 1.29 is 4.52 Å². The number of aromatic nitrogens is 2. The van der Waals surface area contributed by atoms with Crippen molar-refractivity contribution in [2.24, 2.45) is 5.73 Å². The molecule has 102 valence electrons. The smallest absolute Gasteiger partial charge is 0.243 e. The largest absolute Gasteiger partial charge is 0.338 e. The summed E-state index contributed by atoms with van der Waals surface area (Å²) in [5.41, 5.74) is 5.93. The van der Waals surface area contributed by atoms with Gasteiger partial charge in [0.2, 0.25) is 5.89 Å². The summed E-state index contributed by atoms with van der Waals surface area (Å²) in [5, 5.41) is 4.67. The van der Waals surface area contributed by atoms with Crippen LogP contribution in [0.2, 0.25) is 5.02 Å². The van der Waals surface area contributed by atoms with E-state index in [2.05, 4.69) is 17.1 Å². The molecule has 1 aromatic heterocycles. The minimum Gasteiger partial charge on any atom is -0.338 e. The predicted octanol–water partition coefficient (Wildman–Crippen LogP) is 3.82. The van der Waals surface area contributed by atoms with Crippen LogP contribution < -0.4 is 5.73 Å². The monoisotopic (exact) mass is 297 g/mol. The summed E-state index contributed by atoms with van der Waals surface area (Å²) in [7, 11) is 0. The summed E-state index contributed by atoms with van der Waals surface area (Å²) in [4.78, 5) is 5.31. The molecule has 0 bridgehead atoms. The van der Waals surface area contributed by atoms with Crippen molar-refractivity contribution in [2.45, 2.75) is 36.5 Å². The first-order chi connectivity index (χ1) is 9.20. The van der Waals surface area contributed by atoms with Crippen LogP contribution in [0.15, 0.2) is 33.7 Å². The molecule has 0 radical (unpaired) electrons. The fourth-order valence-electron chi connectivity index (χ4n) is 1.62. The maximum absolute atomic E-state index is 6.08. The Bertz CT molecular complexity index is 532. The zero-order valence-electron chi connectivity index (χ0n) is 10.7. The molecule has 2 aromatic rings. The lowest BCUT2D eigenvalue weighted by Crippen LogP contribution is -2.10. The Morgan fingerprint density at radius 1 is 1.42 bits per heavy atom. The molecule has 1 aromatic carbocycles. The van der Waals surface area contributed by atoms with Crippen LogP contribution in [0.3, 0.4) is 0 Å². The van der Waals surface area contributed by atoms with Gasteiger partial charge < -0.3 is 10.3 Å². The number of halogens is 1. The number of nitrogens with two attached hydrogens (primary N) is 1. The van der Waals surface area contributed by atoms with Gasteiger partial charge in [-0.05, 0) is 18.6 Å². The highest BCUT2D eigenvalue weighted by molar-refractivity contribution is 7.98. The van der Waals surface area contributed by atoms with Crippen molar-refractivity contribution in [3.8, 4) is 0 Å². The van der Waals surface area contributed by atoms with Gasteiger partial charge in [0.25, 0.3) is 0 Å². The van der Waals surface area contributed by atoms with Gasteiger partial charge in [-0.25, -0.2) is 0 Å². The number of thioether (sulfide) groups is 1. The molecule has 0 saturated heterocycles. The van der Waals surface area contributed by atoms with Crippen molar-refractivity contribution in [1.82, 2.24) is 10.1 Å². The van der Waals surface area contributed by atoms with E-state index in [4.69, 9.17) is 21.9 Å². The van der Waals surface area contributed by atoms with Crippen LogP contribution in [0.5, 0.6) is 0 Å². The number of hydrogen-bond donors (Lipinski definition) is 1. The highest BCUT2D eigenvalue weighted by Gasteiger charge is 2.14. The van der Waals surface area contributed by atoms with E-state index >= 15 is 0 Å². The van der Waals surface area contributed by atoms with E-state index < -0.39 is 0 Å². The van der Waals surface area contributed by atoms with E-state index in [9.17, 15) is 0 Å². The maximum atomic E-state index is 6.08. The fraction of sp³-hybridized carbons (Fsp3) is 0.385. The lowest BCUT2D eigenvalue weighted by molar-refractivity contribution is 0.345. The number of hydrogen-bond acceptors (Lipinski definition) is 5. The quantitative estimate of drug-likeness (QED) is 0.821. The number of benzene rings is 1. The minimum atomic E-state index is -0.170. The van der Waals surface area contributed by atoms with Crippen molar-refractivity contribution in [3.63, 3.8) is 0 Å². The second-order valence-electron chi connectivity index (χ2n) is 4.16. The molecule has 19 heavy (non-hydrogen) atoms. The molecule has 0 aliphatic rings. The molecule has 1 atom stereocenters. The molecule has 0 spiro atoms. The first kappa shape index (κ1) is 14.4. The van der Waals surface area contributed by atoms with Crippen LogP contribution in [0.25, 0.3) is 0 Å². The highest BCUT2D eigenvalue weighted by atomic mass is 35.5. The molecule has 0 unspecified atom stereocenters. The Morgan fingerprint density at radius 3 is 2.95 bits per heavy atom. The molecule has 0 aliphatic carbocycles. The van der Waals surface area contributed by atoms with E-state index in [0.29, 0.717) is 17.5 Å². The van der Waals surface area contributed by atoms with Crippen LogP contribution in [0.1, 0.15) is 37.5 Å². The first-order valence-electron chi connectivity index (χ1n) is 6.16. The summed E-state index contributed by atoms with van der Waals surface area (Å²) in [6.07, 6.45) is 1.84. The molecule has 0 saturated carbocycles. The zero-order valence-corrected chi connectivity index (χ0v) is 12.2.